The summed E-state index contributed by atoms with van der Waals surface area (Å²) in [5, 5.41) is 3.00. The maximum absolute atomic E-state index is 13.8. The molecule has 1 saturated carbocycles. The largest absolute Gasteiger partial charge is 0.493 e. The van der Waals surface area contributed by atoms with E-state index in [2.05, 4.69) is 5.32 Å². The van der Waals surface area contributed by atoms with Gasteiger partial charge >= 0.3 is 0 Å². The number of nitrogens with zero attached hydrogens (tertiary/aromatic N) is 1. The molecule has 1 aliphatic heterocycles. The Kier molecular flexibility index (Phi) is 7.88. The Morgan fingerprint density at radius 3 is 2.61 bits per heavy atom. The Hall–Kier alpha value is -3.06. The van der Waals surface area contributed by atoms with Crippen molar-refractivity contribution in [3.63, 3.8) is 0 Å². The number of carbonyl (C=O) groups excluding carboxylic acids is 2. The highest BCUT2D eigenvalue weighted by Crippen LogP contribution is 2.40. The van der Waals surface area contributed by atoms with Crippen molar-refractivity contribution in [3.8, 4) is 11.5 Å². The zero-order valence-electron chi connectivity index (χ0n) is 22.1. The van der Waals surface area contributed by atoms with E-state index in [0.717, 1.165) is 36.8 Å². The molecule has 2 aromatic rings. The van der Waals surface area contributed by atoms with Gasteiger partial charge in [0.05, 0.1) is 36.6 Å². The zero-order chi connectivity index (χ0) is 25.9. The number of nitrogens with one attached hydrogen (secondary N) is 1. The van der Waals surface area contributed by atoms with E-state index < -0.39 is 0 Å². The molecule has 0 bridgehead atoms. The van der Waals surface area contributed by atoms with E-state index in [1.54, 1.807) is 7.11 Å². The van der Waals surface area contributed by atoms with Gasteiger partial charge in [0.15, 0.2) is 11.5 Å². The molecule has 0 aromatic heterocycles. The molecule has 1 atom stereocenters. The van der Waals surface area contributed by atoms with Gasteiger partial charge in [-0.05, 0) is 82.7 Å². The second-order valence-corrected chi connectivity index (χ2v) is 10.5. The van der Waals surface area contributed by atoms with E-state index in [4.69, 9.17) is 14.2 Å². The zero-order valence-corrected chi connectivity index (χ0v) is 22.1. The van der Waals surface area contributed by atoms with E-state index in [1.807, 2.05) is 69.0 Å². The van der Waals surface area contributed by atoms with Crippen molar-refractivity contribution in [2.24, 2.45) is 5.92 Å². The SMILES string of the molecule is CCOc1cc(C(CCCOC(C)(C)C)N2Cc3cccc(NC(=O)C4CC4)c3C2=O)ccc1OC. The Bertz CT molecular complexity index is 1100. The number of hydrogen-bond acceptors (Lipinski definition) is 5. The normalized spacial score (nSPS) is 16.0. The first-order chi connectivity index (χ1) is 17.2. The first-order valence-corrected chi connectivity index (χ1v) is 12.9. The highest BCUT2D eigenvalue weighted by atomic mass is 16.5. The van der Waals surface area contributed by atoms with Crippen molar-refractivity contribution < 1.29 is 23.8 Å². The van der Waals surface area contributed by atoms with E-state index >= 15 is 0 Å². The van der Waals surface area contributed by atoms with E-state index in [0.29, 0.717) is 42.5 Å². The predicted molar refractivity (Wildman–Crippen MR) is 140 cm³/mol. The number of benzene rings is 2. The lowest BCUT2D eigenvalue weighted by Crippen LogP contribution is -2.30. The number of anilines is 1. The average molecular weight is 495 g/mol. The molecule has 1 fully saturated rings. The molecule has 7 heteroatoms. The van der Waals surface area contributed by atoms with Gasteiger partial charge in [-0.3, -0.25) is 9.59 Å². The third-order valence-corrected chi connectivity index (χ3v) is 6.58. The molecule has 2 aromatic carbocycles. The Morgan fingerprint density at radius 2 is 1.94 bits per heavy atom. The molecule has 0 spiro atoms. The maximum atomic E-state index is 13.8. The fourth-order valence-corrected chi connectivity index (χ4v) is 4.65. The quantitative estimate of drug-likeness (QED) is 0.404. The molecule has 7 nitrogen and oxygen atoms in total. The lowest BCUT2D eigenvalue weighted by molar-refractivity contribution is -0.117. The highest BCUT2D eigenvalue weighted by molar-refractivity contribution is 6.07. The van der Waals surface area contributed by atoms with Crippen molar-refractivity contribution in [1.82, 2.24) is 4.90 Å². The van der Waals surface area contributed by atoms with Crippen LogP contribution in [0.5, 0.6) is 11.5 Å². The molecule has 1 aliphatic carbocycles. The van der Waals surface area contributed by atoms with Crippen molar-refractivity contribution in [2.45, 2.75) is 71.6 Å². The van der Waals surface area contributed by atoms with Crippen LogP contribution in [0.25, 0.3) is 0 Å². The minimum Gasteiger partial charge on any atom is -0.493 e. The predicted octanol–water partition coefficient (Wildman–Crippen LogP) is 5.73. The van der Waals surface area contributed by atoms with Crippen LogP contribution in [0, 0.1) is 5.92 Å². The summed E-state index contributed by atoms with van der Waals surface area (Å²) < 4.78 is 17.3. The third kappa shape index (κ3) is 6.01. The monoisotopic (exact) mass is 494 g/mol. The van der Waals surface area contributed by atoms with Crippen LogP contribution in [-0.2, 0) is 16.1 Å². The Labute approximate surface area is 214 Å². The first-order valence-electron chi connectivity index (χ1n) is 12.9. The van der Waals surface area contributed by atoms with Crippen LogP contribution >= 0.6 is 0 Å². The molecule has 1 unspecified atom stereocenters. The number of ether oxygens (including phenoxy) is 3. The van der Waals surface area contributed by atoms with Crippen molar-refractivity contribution >= 4 is 17.5 Å². The van der Waals surface area contributed by atoms with E-state index in [9.17, 15) is 9.59 Å². The van der Waals surface area contributed by atoms with Crippen LogP contribution in [0.15, 0.2) is 36.4 Å². The lowest BCUT2D eigenvalue weighted by Gasteiger charge is -2.29. The minimum absolute atomic E-state index is 0.00189. The molecular formula is C29H38N2O5. The van der Waals surface area contributed by atoms with Crippen molar-refractivity contribution in [3.05, 3.63) is 53.1 Å². The van der Waals surface area contributed by atoms with Gasteiger partial charge in [0, 0.05) is 19.1 Å². The summed E-state index contributed by atoms with van der Waals surface area (Å²) in [6.45, 7) is 9.67. The highest BCUT2D eigenvalue weighted by Gasteiger charge is 2.37. The molecule has 1 N–H and O–H groups in total. The van der Waals surface area contributed by atoms with Gasteiger partial charge in [0.1, 0.15) is 0 Å². The number of carbonyl (C=O) groups is 2. The van der Waals surface area contributed by atoms with Gasteiger partial charge in [-0.25, -0.2) is 0 Å². The minimum atomic E-state index is -0.216. The van der Waals surface area contributed by atoms with Gasteiger partial charge in [0.25, 0.3) is 5.91 Å². The van der Waals surface area contributed by atoms with Crippen LogP contribution in [0.4, 0.5) is 5.69 Å². The summed E-state index contributed by atoms with van der Waals surface area (Å²) in [6, 6.07) is 11.4. The van der Waals surface area contributed by atoms with Gasteiger partial charge < -0.3 is 24.4 Å². The van der Waals surface area contributed by atoms with Gasteiger partial charge in [-0.2, -0.15) is 0 Å². The second-order valence-electron chi connectivity index (χ2n) is 10.5. The number of fused-ring (bicyclic) bond motifs is 1. The number of methoxy groups -OCH3 is 1. The molecule has 1 heterocycles. The van der Waals surface area contributed by atoms with Crippen LogP contribution in [-0.4, -0.2) is 42.6 Å². The Balaban J connectivity index is 1.61. The molecule has 0 radical (unpaired) electrons. The van der Waals surface area contributed by atoms with E-state index in [-0.39, 0.29) is 29.4 Å². The number of amides is 2. The summed E-state index contributed by atoms with van der Waals surface area (Å²) in [5.74, 6) is 1.33. The summed E-state index contributed by atoms with van der Waals surface area (Å²) in [5.41, 5.74) is 2.91. The van der Waals surface area contributed by atoms with Gasteiger partial charge in [-0.1, -0.05) is 18.2 Å². The fourth-order valence-electron chi connectivity index (χ4n) is 4.65. The third-order valence-electron chi connectivity index (χ3n) is 6.58. The standard InChI is InChI=1S/C29H38N2O5/c1-6-35-25-17-20(14-15-24(25)34-5)23(11-8-16-36-29(2,3)4)31-18-21-9-7-10-22(26(21)28(31)33)30-27(32)19-12-13-19/h7,9-10,14-15,17,19,23H,6,8,11-13,16,18H2,1-5H3,(H,30,32). The molecule has 194 valence electrons. The summed E-state index contributed by atoms with van der Waals surface area (Å²) in [6.07, 6.45) is 3.36. The van der Waals surface area contributed by atoms with Crippen molar-refractivity contribution in [2.75, 3.05) is 25.6 Å². The topological polar surface area (TPSA) is 77.1 Å². The van der Waals surface area contributed by atoms with E-state index in [1.165, 1.54) is 0 Å². The summed E-state index contributed by atoms with van der Waals surface area (Å²) in [7, 11) is 1.62. The molecule has 2 amide bonds. The van der Waals surface area contributed by atoms with Crippen LogP contribution in [0.3, 0.4) is 0 Å². The van der Waals surface area contributed by atoms with Gasteiger partial charge in [-0.15, -0.1) is 0 Å². The molecule has 4 rings (SSSR count). The van der Waals surface area contributed by atoms with Crippen LogP contribution < -0.4 is 14.8 Å². The summed E-state index contributed by atoms with van der Waals surface area (Å²) in [4.78, 5) is 28.2. The van der Waals surface area contributed by atoms with Crippen molar-refractivity contribution in [1.29, 1.82) is 0 Å². The first kappa shape index (κ1) is 26.0. The molecule has 36 heavy (non-hydrogen) atoms. The molecule has 2 aliphatic rings. The van der Waals surface area contributed by atoms with Crippen LogP contribution in [0.2, 0.25) is 0 Å². The molecular weight excluding hydrogens is 456 g/mol. The fraction of sp³-hybridized carbons (Fsp3) is 0.517. The Morgan fingerprint density at radius 1 is 1.17 bits per heavy atom. The maximum Gasteiger partial charge on any atom is 0.257 e. The molecule has 0 saturated heterocycles. The number of rotatable bonds is 11. The smallest absolute Gasteiger partial charge is 0.257 e. The second kappa shape index (κ2) is 10.9. The summed E-state index contributed by atoms with van der Waals surface area (Å²) >= 11 is 0. The number of hydrogen-bond donors (Lipinski definition) is 1. The lowest BCUT2D eigenvalue weighted by atomic mass is 9.99. The van der Waals surface area contributed by atoms with Gasteiger partial charge in [0.2, 0.25) is 5.91 Å². The average Bonchev–Trinajstić information content (AvgIpc) is 3.63. The van der Waals surface area contributed by atoms with Crippen LogP contribution in [0.1, 0.15) is 80.9 Å².